The smallest absolute Gasteiger partial charge is 0.317 e. The summed E-state index contributed by atoms with van der Waals surface area (Å²) in [6.45, 7) is 4.89. The van der Waals surface area contributed by atoms with Crippen molar-refractivity contribution < 1.29 is 19.3 Å². The summed E-state index contributed by atoms with van der Waals surface area (Å²) in [4.78, 5) is 30.0. The van der Waals surface area contributed by atoms with Gasteiger partial charge in [0.05, 0.1) is 18.0 Å². The van der Waals surface area contributed by atoms with E-state index in [2.05, 4.69) is 15.0 Å². The van der Waals surface area contributed by atoms with Crippen LogP contribution in [-0.2, 0) is 11.3 Å². The van der Waals surface area contributed by atoms with Crippen molar-refractivity contribution in [2.75, 3.05) is 26.2 Å². The van der Waals surface area contributed by atoms with Gasteiger partial charge in [-0.2, -0.15) is 4.98 Å². The molecule has 1 aromatic heterocycles. The second-order valence-electron chi connectivity index (χ2n) is 6.78. The van der Waals surface area contributed by atoms with Crippen molar-refractivity contribution in [2.24, 2.45) is 0 Å². The number of carboxylic acid groups (broad SMARTS) is 1. The summed E-state index contributed by atoms with van der Waals surface area (Å²) >= 11 is 0. The summed E-state index contributed by atoms with van der Waals surface area (Å²) in [6.07, 6.45) is 1.76. The van der Waals surface area contributed by atoms with Gasteiger partial charge in [0.2, 0.25) is 11.7 Å². The van der Waals surface area contributed by atoms with Crippen molar-refractivity contribution in [1.29, 1.82) is 0 Å². The zero-order valence-corrected chi connectivity index (χ0v) is 16.9. The largest absolute Gasteiger partial charge is 0.480 e. The number of carbonyl (C=O) groups is 1. The number of piperidine rings is 1. The Bertz CT molecular complexity index is 838. The number of aromatic nitrogens is 2. The average Bonchev–Trinajstić information content (AvgIpc) is 3.15. The molecule has 29 heavy (non-hydrogen) atoms. The van der Waals surface area contributed by atoms with Gasteiger partial charge in [-0.05, 0) is 19.4 Å². The van der Waals surface area contributed by atoms with Gasteiger partial charge in [-0.3, -0.25) is 24.7 Å². The van der Waals surface area contributed by atoms with E-state index in [9.17, 15) is 14.9 Å². The van der Waals surface area contributed by atoms with Gasteiger partial charge in [-0.1, -0.05) is 24.2 Å². The summed E-state index contributed by atoms with van der Waals surface area (Å²) < 4.78 is 5.31. The third kappa shape index (κ3) is 5.96. The molecule has 1 aliphatic heterocycles. The lowest BCUT2D eigenvalue weighted by Gasteiger charge is -2.36. The number of hydrogen-bond donors (Lipinski definition) is 1. The highest BCUT2D eigenvalue weighted by Gasteiger charge is 2.26. The van der Waals surface area contributed by atoms with Gasteiger partial charge in [0.25, 0.3) is 5.69 Å². The molecule has 0 amide bonds. The molecule has 2 heterocycles. The molecule has 1 aliphatic rings. The van der Waals surface area contributed by atoms with Gasteiger partial charge >= 0.3 is 5.97 Å². The lowest BCUT2D eigenvalue weighted by Crippen LogP contribution is -2.46. The number of nitrogens with zero attached hydrogens (tertiary/aromatic N) is 5. The maximum Gasteiger partial charge on any atom is 0.317 e. The fourth-order valence-corrected chi connectivity index (χ4v) is 3.50. The predicted molar refractivity (Wildman–Crippen MR) is 107 cm³/mol. The van der Waals surface area contributed by atoms with E-state index in [0.29, 0.717) is 30.4 Å². The number of likely N-dealkylation sites (tertiary alicyclic amines) is 1. The maximum atomic E-state index is 11.0. The van der Waals surface area contributed by atoms with E-state index in [1.54, 1.807) is 12.1 Å². The van der Waals surface area contributed by atoms with Crippen LogP contribution in [0.25, 0.3) is 11.4 Å². The topological polar surface area (TPSA) is 126 Å². The van der Waals surface area contributed by atoms with Gasteiger partial charge < -0.3 is 9.63 Å². The molecule has 11 heteroatoms. The molecule has 1 N–H and O–H groups in total. The molecule has 2 aromatic rings. The predicted octanol–water partition coefficient (Wildman–Crippen LogP) is 2.44. The van der Waals surface area contributed by atoms with Crippen LogP contribution in [-0.4, -0.2) is 68.2 Å². The first-order valence-electron chi connectivity index (χ1n) is 9.22. The summed E-state index contributed by atoms with van der Waals surface area (Å²) in [5.74, 6) is -0.0196. The molecule has 0 saturated carbocycles. The van der Waals surface area contributed by atoms with Gasteiger partial charge in [0.1, 0.15) is 0 Å². The lowest BCUT2D eigenvalue weighted by molar-refractivity contribution is -0.384. The number of halogens is 1. The minimum absolute atomic E-state index is 0. The molecule has 0 bridgehead atoms. The molecule has 158 valence electrons. The SMILES string of the molecule is CCN(CC(=O)O)C1CCN(Cc2nc(-c3cccc([N+](=O)[O-])c3)no2)CC1.Cl. The summed E-state index contributed by atoms with van der Waals surface area (Å²) in [5, 5.41) is 23.9. The Hall–Kier alpha value is -2.56. The molecule has 0 unspecified atom stereocenters. The molecule has 10 nitrogen and oxygen atoms in total. The molecular weight excluding hydrogens is 402 g/mol. The highest BCUT2D eigenvalue weighted by molar-refractivity contribution is 5.85. The Morgan fingerprint density at radius 3 is 2.76 bits per heavy atom. The highest BCUT2D eigenvalue weighted by Crippen LogP contribution is 2.22. The lowest BCUT2D eigenvalue weighted by atomic mass is 10.0. The molecule has 0 spiro atoms. The first-order valence-corrected chi connectivity index (χ1v) is 9.22. The average molecular weight is 426 g/mol. The molecule has 0 radical (unpaired) electrons. The number of benzene rings is 1. The Kier molecular flexibility index (Phi) is 8.06. The molecule has 0 aliphatic carbocycles. The van der Waals surface area contributed by atoms with Crippen LogP contribution in [0.1, 0.15) is 25.7 Å². The zero-order valence-electron chi connectivity index (χ0n) is 16.1. The normalized spacial score (nSPS) is 15.2. The van der Waals surface area contributed by atoms with Gasteiger partial charge in [-0.25, -0.2) is 0 Å². The van der Waals surface area contributed by atoms with Crippen LogP contribution in [0.4, 0.5) is 5.69 Å². The van der Waals surface area contributed by atoms with E-state index in [1.165, 1.54) is 12.1 Å². The van der Waals surface area contributed by atoms with Crippen LogP contribution < -0.4 is 0 Å². The number of non-ortho nitro benzene ring substituents is 1. The Morgan fingerprint density at radius 1 is 1.41 bits per heavy atom. The molecule has 1 fully saturated rings. The van der Waals surface area contributed by atoms with Crippen molar-refractivity contribution in [3.8, 4) is 11.4 Å². The van der Waals surface area contributed by atoms with Crippen molar-refractivity contribution >= 4 is 24.1 Å². The van der Waals surface area contributed by atoms with Gasteiger partial charge in [-0.15, -0.1) is 12.4 Å². The van der Waals surface area contributed by atoms with Crippen LogP contribution in [0.5, 0.6) is 0 Å². The molecule has 1 saturated heterocycles. The third-order valence-electron chi connectivity index (χ3n) is 4.96. The van der Waals surface area contributed by atoms with Crippen LogP contribution in [0.15, 0.2) is 28.8 Å². The summed E-state index contributed by atoms with van der Waals surface area (Å²) in [7, 11) is 0. The second-order valence-corrected chi connectivity index (χ2v) is 6.78. The second kappa shape index (κ2) is 10.3. The van der Waals surface area contributed by atoms with E-state index in [4.69, 9.17) is 9.63 Å². The van der Waals surface area contributed by atoms with E-state index in [0.717, 1.165) is 25.9 Å². The van der Waals surface area contributed by atoms with Crippen molar-refractivity contribution in [1.82, 2.24) is 19.9 Å². The highest BCUT2D eigenvalue weighted by atomic mass is 35.5. The fraction of sp³-hybridized carbons (Fsp3) is 0.500. The number of likely N-dealkylation sites (N-methyl/N-ethyl adjacent to an activating group) is 1. The quantitative estimate of drug-likeness (QED) is 0.501. The number of rotatable bonds is 8. The summed E-state index contributed by atoms with van der Waals surface area (Å²) in [5.41, 5.74) is 0.517. The van der Waals surface area contributed by atoms with E-state index >= 15 is 0 Å². The van der Waals surface area contributed by atoms with Gasteiger partial charge in [0.15, 0.2) is 0 Å². The van der Waals surface area contributed by atoms with E-state index in [-0.39, 0.29) is 30.7 Å². The number of hydrogen-bond acceptors (Lipinski definition) is 8. The Labute approximate surface area is 174 Å². The van der Waals surface area contributed by atoms with Crippen molar-refractivity contribution in [3.05, 3.63) is 40.3 Å². The van der Waals surface area contributed by atoms with Crippen LogP contribution >= 0.6 is 12.4 Å². The van der Waals surface area contributed by atoms with E-state index in [1.807, 2.05) is 11.8 Å². The Balaban J connectivity index is 0.00000300. The monoisotopic (exact) mass is 425 g/mol. The first kappa shape index (κ1) is 22.7. The third-order valence-corrected chi connectivity index (χ3v) is 4.96. The standard InChI is InChI=1S/C18H23N5O5.ClH/c1-2-22(12-17(24)25)14-6-8-21(9-7-14)11-16-19-18(20-28-16)13-4-3-5-15(10-13)23(26)27;/h3-5,10,14H,2,6-9,11-12H2,1H3,(H,24,25);1H. The number of aliphatic carboxylic acids is 1. The van der Waals surface area contributed by atoms with Crippen molar-refractivity contribution in [3.63, 3.8) is 0 Å². The maximum absolute atomic E-state index is 11.0. The van der Waals surface area contributed by atoms with Gasteiger partial charge in [0, 0.05) is 36.8 Å². The molecule has 1 aromatic carbocycles. The molecule has 3 rings (SSSR count). The summed E-state index contributed by atoms with van der Waals surface area (Å²) in [6, 6.07) is 6.39. The minimum atomic E-state index is -0.802. The number of carboxylic acids is 1. The molecular formula is C18H24ClN5O5. The number of nitro benzene ring substituents is 1. The minimum Gasteiger partial charge on any atom is -0.480 e. The van der Waals surface area contributed by atoms with Crippen LogP contribution in [0.3, 0.4) is 0 Å². The van der Waals surface area contributed by atoms with Crippen LogP contribution in [0.2, 0.25) is 0 Å². The fourth-order valence-electron chi connectivity index (χ4n) is 3.50. The number of nitro groups is 1. The van der Waals surface area contributed by atoms with E-state index < -0.39 is 10.9 Å². The Morgan fingerprint density at radius 2 is 2.14 bits per heavy atom. The van der Waals surface area contributed by atoms with Crippen LogP contribution in [0, 0.1) is 10.1 Å². The molecule has 0 atom stereocenters. The van der Waals surface area contributed by atoms with Crippen molar-refractivity contribution in [2.45, 2.75) is 32.4 Å². The zero-order chi connectivity index (χ0) is 20.1. The first-order chi connectivity index (χ1) is 13.5.